The van der Waals surface area contributed by atoms with Crippen molar-refractivity contribution in [3.63, 3.8) is 0 Å². The van der Waals surface area contributed by atoms with Crippen LogP contribution in [-0.4, -0.2) is 22.2 Å². The van der Waals surface area contributed by atoms with Crippen LogP contribution in [0.2, 0.25) is 25.1 Å². The Morgan fingerprint density at radius 3 is 2.25 bits per heavy atom. The first-order valence-electron chi connectivity index (χ1n) is 7.47. The molecule has 0 aliphatic carbocycles. The number of halogens is 5. The minimum atomic E-state index is -0.924. The fraction of sp³-hybridized carbons (Fsp3) is 0.0625. The predicted molar refractivity (Wildman–Crippen MR) is 120 cm³/mol. The Hall–Kier alpha value is -1.35. The molecule has 2 aromatic rings. The third kappa shape index (κ3) is 4.45. The molecule has 4 N–H and O–H groups in total. The lowest BCUT2D eigenvalue weighted by Gasteiger charge is -2.16. The molecule has 12 heteroatoms. The molecule has 1 heterocycles. The van der Waals surface area contributed by atoms with Gasteiger partial charge in [-0.2, -0.15) is 5.01 Å². The van der Waals surface area contributed by atoms with Crippen molar-refractivity contribution >= 4 is 98.1 Å². The number of nitrogens with zero attached hydrogens (tertiary/aromatic N) is 2. The van der Waals surface area contributed by atoms with E-state index in [0.717, 1.165) is 16.8 Å². The maximum Gasteiger partial charge on any atom is 0.268 e. The van der Waals surface area contributed by atoms with E-state index in [1.54, 1.807) is 18.2 Å². The van der Waals surface area contributed by atoms with Gasteiger partial charge in [0.15, 0.2) is 16.3 Å². The van der Waals surface area contributed by atoms with Gasteiger partial charge in [0.05, 0.1) is 20.8 Å². The second-order valence-corrected chi connectivity index (χ2v) is 8.71. The van der Waals surface area contributed by atoms with E-state index in [2.05, 4.69) is 10.4 Å². The summed E-state index contributed by atoms with van der Waals surface area (Å²) in [6, 6.07) is 7.70. The van der Waals surface area contributed by atoms with Crippen molar-refractivity contribution in [2.24, 2.45) is 10.8 Å². The molecule has 1 atom stereocenters. The van der Waals surface area contributed by atoms with Crippen LogP contribution in [0.3, 0.4) is 0 Å². The van der Waals surface area contributed by atoms with E-state index >= 15 is 0 Å². The summed E-state index contributed by atoms with van der Waals surface area (Å²) >= 11 is 31.3. The second kappa shape index (κ2) is 8.57. The Morgan fingerprint density at radius 1 is 1.07 bits per heavy atom. The van der Waals surface area contributed by atoms with Crippen LogP contribution in [-0.2, 0) is 4.79 Å². The van der Waals surface area contributed by atoms with Crippen LogP contribution in [0.4, 0.5) is 11.4 Å². The van der Waals surface area contributed by atoms with E-state index in [1.165, 1.54) is 12.1 Å². The van der Waals surface area contributed by atoms with Crippen LogP contribution in [0.5, 0.6) is 0 Å². The summed E-state index contributed by atoms with van der Waals surface area (Å²) in [7, 11) is 0. The number of thioether (sulfide) groups is 1. The van der Waals surface area contributed by atoms with Gasteiger partial charge in [0.1, 0.15) is 5.69 Å². The van der Waals surface area contributed by atoms with Gasteiger partial charge in [-0.15, -0.1) is 5.10 Å². The van der Waals surface area contributed by atoms with Crippen LogP contribution in [0.25, 0.3) is 0 Å². The number of hydrogen-bond acceptors (Lipinski definition) is 5. The van der Waals surface area contributed by atoms with E-state index in [9.17, 15) is 4.79 Å². The molecule has 146 valence electrons. The van der Waals surface area contributed by atoms with Gasteiger partial charge in [-0.3, -0.25) is 10.2 Å². The molecule has 3 rings (SSSR count). The number of nitrogens with two attached hydrogens (primary N) is 1. The van der Waals surface area contributed by atoms with Crippen molar-refractivity contribution in [3.8, 4) is 0 Å². The molecule has 0 saturated carbocycles. The monoisotopic (exact) mass is 495 g/mol. The number of nitrogens with one attached hydrogen (secondary N) is 2. The Bertz CT molecular complexity index is 992. The molecule has 0 aromatic heterocycles. The smallest absolute Gasteiger partial charge is 0.268 e. The molecule has 6 nitrogen and oxygen atoms in total. The van der Waals surface area contributed by atoms with Crippen molar-refractivity contribution in [2.45, 2.75) is 5.25 Å². The number of carbonyl (C=O) groups is 1. The molecule has 0 fully saturated rings. The second-order valence-electron chi connectivity index (χ2n) is 5.46. The highest BCUT2D eigenvalue weighted by molar-refractivity contribution is 8.15. The number of benzene rings is 2. The largest absolute Gasteiger partial charge is 0.379 e. The molecule has 2 aromatic carbocycles. The van der Waals surface area contributed by atoms with Crippen molar-refractivity contribution < 1.29 is 4.79 Å². The summed E-state index contributed by atoms with van der Waals surface area (Å²) in [6.45, 7) is 0. The van der Waals surface area contributed by atoms with Gasteiger partial charge in [0.25, 0.3) is 5.91 Å². The highest BCUT2D eigenvalue weighted by atomic mass is 35.5. The summed E-state index contributed by atoms with van der Waals surface area (Å²) in [5, 5.41) is 16.1. The summed E-state index contributed by atoms with van der Waals surface area (Å²) in [5.74, 6) is -0.282. The quantitative estimate of drug-likeness (QED) is 0.373. The first-order chi connectivity index (χ1) is 13.2. The Kier molecular flexibility index (Phi) is 6.54. The number of hydrazone groups is 1. The molecular weight excluding hydrogens is 488 g/mol. The Labute approximate surface area is 189 Å². The van der Waals surface area contributed by atoms with Gasteiger partial charge in [-0.05, 0) is 30.3 Å². The van der Waals surface area contributed by atoms with E-state index < -0.39 is 11.2 Å². The van der Waals surface area contributed by atoms with Gasteiger partial charge in [-0.1, -0.05) is 69.8 Å². The average Bonchev–Trinajstić information content (AvgIpc) is 2.85. The van der Waals surface area contributed by atoms with Crippen molar-refractivity contribution in [1.29, 1.82) is 5.41 Å². The minimum Gasteiger partial charge on any atom is -0.379 e. The van der Waals surface area contributed by atoms with Gasteiger partial charge >= 0.3 is 0 Å². The molecule has 0 bridgehead atoms. The fourth-order valence-corrected chi connectivity index (χ4v) is 4.49. The molecule has 0 saturated heterocycles. The summed E-state index contributed by atoms with van der Waals surface area (Å²) in [5.41, 5.74) is 6.13. The SMILES string of the molecule is N=C(N)SC1C(=O)N(c2c(Cl)cc(Cl)cc2Cl)N=C1Nc1ccc(Cl)cc1Cl. The zero-order chi connectivity index (χ0) is 20.6. The van der Waals surface area contributed by atoms with Crippen molar-refractivity contribution in [1.82, 2.24) is 0 Å². The van der Waals surface area contributed by atoms with Crippen LogP contribution < -0.4 is 16.1 Å². The molecule has 1 unspecified atom stereocenters. The van der Waals surface area contributed by atoms with Crippen LogP contribution in [0.1, 0.15) is 0 Å². The molecule has 1 amide bonds. The minimum absolute atomic E-state index is 0.145. The Balaban J connectivity index is 2.03. The van der Waals surface area contributed by atoms with E-state index in [-0.39, 0.29) is 26.7 Å². The molecule has 1 aliphatic heterocycles. The lowest BCUT2D eigenvalue weighted by Crippen LogP contribution is -2.34. The number of amidine groups is 2. The zero-order valence-corrected chi connectivity index (χ0v) is 18.2. The molecule has 0 spiro atoms. The van der Waals surface area contributed by atoms with Crippen molar-refractivity contribution in [2.75, 3.05) is 10.3 Å². The lowest BCUT2D eigenvalue weighted by molar-refractivity contribution is -0.116. The first kappa shape index (κ1) is 21.4. The van der Waals surface area contributed by atoms with E-state index in [4.69, 9.17) is 69.1 Å². The van der Waals surface area contributed by atoms with Gasteiger partial charge in [0.2, 0.25) is 0 Å². The first-order valence-corrected chi connectivity index (χ1v) is 10.2. The van der Waals surface area contributed by atoms with Crippen molar-refractivity contribution in [3.05, 3.63) is 55.4 Å². The number of anilines is 2. The maximum atomic E-state index is 13.0. The van der Waals surface area contributed by atoms with Crippen LogP contribution in [0.15, 0.2) is 35.4 Å². The van der Waals surface area contributed by atoms with Crippen LogP contribution >= 0.6 is 69.8 Å². The third-order valence-corrected chi connectivity index (χ3v) is 5.78. The Morgan fingerprint density at radius 2 is 1.68 bits per heavy atom. The third-order valence-electron chi connectivity index (χ3n) is 3.52. The van der Waals surface area contributed by atoms with Gasteiger partial charge < -0.3 is 11.1 Å². The maximum absolute atomic E-state index is 13.0. The summed E-state index contributed by atoms with van der Waals surface area (Å²) in [4.78, 5) is 13.0. The molecule has 1 aliphatic rings. The number of amides is 1. The van der Waals surface area contributed by atoms with E-state index in [0.29, 0.717) is 20.8 Å². The summed E-state index contributed by atoms with van der Waals surface area (Å²) < 4.78 is 0. The normalized spacial score (nSPS) is 16.3. The highest BCUT2D eigenvalue weighted by Crippen LogP contribution is 2.40. The van der Waals surface area contributed by atoms with Gasteiger partial charge in [-0.25, -0.2) is 0 Å². The van der Waals surface area contributed by atoms with Crippen LogP contribution in [0, 0.1) is 5.41 Å². The lowest BCUT2D eigenvalue weighted by atomic mass is 10.2. The average molecular weight is 498 g/mol. The number of carbonyl (C=O) groups excluding carboxylic acids is 1. The predicted octanol–water partition coefficient (Wildman–Crippen LogP) is 5.72. The van der Waals surface area contributed by atoms with E-state index in [1.807, 2.05) is 0 Å². The zero-order valence-electron chi connectivity index (χ0n) is 13.6. The summed E-state index contributed by atoms with van der Waals surface area (Å²) in [6.07, 6.45) is 0. The number of hydrogen-bond donors (Lipinski definition) is 3. The van der Waals surface area contributed by atoms with Gasteiger partial charge in [0, 0.05) is 10.0 Å². The fourth-order valence-electron chi connectivity index (χ4n) is 2.39. The standard InChI is InChI=1S/C16H10Cl5N5OS/c17-6-1-2-11(8(19)3-6)24-14-13(28-16(22)23)15(27)26(25-14)12-9(20)4-7(18)5-10(12)21/h1-5,13H,(H3,22,23)(H,24,25). The molecular formula is C16H10Cl5N5OS. The highest BCUT2D eigenvalue weighted by Gasteiger charge is 2.40. The molecule has 28 heavy (non-hydrogen) atoms. The topological polar surface area (TPSA) is 94.6 Å². The number of rotatable bonds is 3. The molecule has 0 radical (unpaired) electrons.